The minimum absolute atomic E-state index is 0.0607. The first-order valence-electron chi connectivity index (χ1n) is 10.1. The number of carboxylic acid groups (broad SMARTS) is 1. The number of allylic oxidation sites excluding steroid dienone is 2. The Morgan fingerprint density at radius 3 is 2.76 bits per heavy atom. The summed E-state index contributed by atoms with van der Waals surface area (Å²) in [6.07, 6.45) is 8.27. The SMILES string of the molecule is O=C(O)CCCCCC[C@H]1C(=O)C=C[C@@H]1CCC(O)c1nc2cccc(F)c2s1. The maximum absolute atomic E-state index is 13.8. The van der Waals surface area contributed by atoms with E-state index in [0.29, 0.717) is 34.5 Å². The Labute approximate surface area is 173 Å². The van der Waals surface area contributed by atoms with Gasteiger partial charge in [0.25, 0.3) is 0 Å². The van der Waals surface area contributed by atoms with Crippen LogP contribution in [0.15, 0.2) is 30.4 Å². The van der Waals surface area contributed by atoms with E-state index in [-0.39, 0.29) is 29.9 Å². The molecule has 0 spiro atoms. The van der Waals surface area contributed by atoms with Crippen molar-refractivity contribution in [2.75, 3.05) is 0 Å². The third-order valence-corrected chi connectivity index (χ3v) is 6.67. The van der Waals surface area contributed by atoms with Crippen LogP contribution in [0.1, 0.15) is 62.5 Å². The number of hydrogen-bond donors (Lipinski definition) is 2. The first-order chi connectivity index (χ1) is 14.0. The summed E-state index contributed by atoms with van der Waals surface area (Å²) in [5, 5.41) is 19.7. The molecule has 0 radical (unpaired) electrons. The summed E-state index contributed by atoms with van der Waals surface area (Å²) >= 11 is 1.18. The predicted molar refractivity (Wildman–Crippen MR) is 110 cm³/mol. The van der Waals surface area contributed by atoms with Gasteiger partial charge in [0.15, 0.2) is 5.78 Å². The molecule has 1 heterocycles. The second-order valence-corrected chi connectivity index (χ2v) is 8.64. The number of thiazole rings is 1. The van der Waals surface area contributed by atoms with Crippen LogP contribution in [0.5, 0.6) is 0 Å². The van der Waals surface area contributed by atoms with Gasteiger partial charge in [-0.2, -0.15) is 0 Å². The number of unbranched alkanes of at least 4 members (excludes halogenated alkanes) is 3. The third kappa shape index (κ3) is 5.70. The summed E-state index contributed by atoms with van der Waals surface area (Å²) < 4.78 is 14.3. The van der Waals surface area contributed by atoms with Crippen molar-refractivity contribution in [2.24, 2.45) is 11.8 Å². The number of halogens is 1. The molecule has 0 fully saturated rings. The van der Waals surface area contributed by atoms with Crippen LogP contribution in [0.3, 0.4) is 0 Å². The summed E-state index contributed by atoms with van der Waals surface area (Å²) in [5.74, 6) is -0.922. The summed E-state index contributed by atoms with van der Waals surface area (Å²) in [6.45, 7) is 0. The summed E-state index contributed by atoms with van der Waals surface area (Å²) in [5.41, 5.74) is 0.556. The van der Waals surface area contributed by atoms with Gasteiger partial charge in [-0.05, 0) is 49.8 Å². The molecule has 0 saturated carbocycles. The lowest BCUT2D eigenvalue weighted by atomic mass is 9.86. The number of carbonyl (C=O) groups excluding carboxylic acids is 1. The molecule has 0 saturated heterocycles. The molecule has 5 nitrogen and oxygen atoms in total. The van der Waals surface area contributed by atoms with Crippen LogP contribution in [0.25, 0.3) is 10.2 Å². The molecule has 2 aromatic rings. The molecule has 1 aliphatic carbocycles. The molecule has 1 aliphatic rings. The predicted octanol–water partition coefficient (Wildman–Crippen LogP) is 5.05. The molecule has 0 bridgehead atoms. The van der Waals surface area contributed by atoms with Crippen LogP contribution < -0.4 is 0 Å². The number of hydrogen-bond acceptors (Lipinski definition) is 5. The number of rotatable bonds is 11. The Bertz CT molecular complexity index is 894. The Hall–Kier alpha value is -2.12. The van der Waals surface area contributed by atoms with E-state index in [1.54, 1.807) is 18.2 Å². The molecule has 1 unspecified atom stereocenters. The highest BCUT2D eigenvalue weighted by Gasteiger charge is 2.30. The molecule has 0 amide bonds. The quantitative estimate of drug-likeness (QED) is 0.498. The van der Waals surface area contributed by atoms with Gasteiger partial charge in [-0.1, -0.05) is 31.4 Å². The van der Waals surface area contributed by atoms with Crippen LogP contribution in [0.4, 0.5) is 4.39 Å². The highest BCUT2D eigenvalue weighted by Crippen LogP contribution is 2.35. The number of ketones is 1. The number of nitrogens with zero attached hydrogens (tertiary/aromatic N) is 1. The van der Waals surface area contributed by atoms with Crippen molar-refractivity contribution in [1.29, 1.82) is 0 Å². The molecular weight excluding hydrogens is 393 g/mol. The molecule has 1 aromatic carbocycles. The van der Waals surface area contributed by atoms with E-state index >= 15 is 0 Å². The lowest BCUT2D eigenvalue weighted by Gasteiger charge is -2.19. The lowest BCUT2D eigenvalue weighted by molar-refractivity contribution is -0.137. The van der Waals surface area contributed by atoms with E-state index in [1.807, 2.05) is 6.08 Å². The van der Waals surface area contributed by atoms with Crippen molar-refractivity contribution in [3.63, 3.8) is 0 Å². The zero-order valence-electron chi connectivity index (χ0n) is 16.2. The van der Waals surface area contributed by atoms with Gasteiger partial charge in [0.2, 0.25) is 0 Å². The van der Waals surface area contributed by atoms with Crippen molar-refractivity contribution in [3.8, 4) is 0 Å². The highest BCUT2D eigenvalue weighted by molar-refractivity contribution is 7.18. The van der Waals surface area contributed by atoms with Gasteiger partial charge in [0.05, 0.1) is 10.2 Å². The zero-order chi connectivity index (χ0) is 20.8. The van der Waals surface area contributed by atoms with E-state index in [0.717, 1.165) is 25.7 Å². The molecule has 1 aromatic heterocycles. The summed E-state index contributed by atoms with van der Waals surface area (Å²) in [6, 6.07) is 4.72. The van der Waals surface area contributed by atoms with Crippen molar-refractivity contribution in [1.82, 2.24) is 4.98 Å². The van der Waals surface area contributed by atoms with E-state index in [2.05, 4.69) is 4.98 Å². The van der Waals surface area contributed by atoms with Gasteiger partial charge in [0.1, 0.15) is 16.9 Å². The van der Waals surface area contributed by atoms with Crippen LogP contribution in [0.2, 0.25) is 0 Å². The van der Waals surface area contributed by atoms with Crippen molar-refractivity contribution < 1.29 is 24.2 Å². The molecule has 2 N–H and O–H groups in total. The molecule has 156 valence electrons. The third-order valence-electron chi connectivity index (χ3n) is 5.49. The summed E-state index contributed by atoms with van der Waals surface area (Å²) in [7, 11) is 0. The fourth-order valence-corrected chi connectivity index (χ4v) is 4.87. The van der Waals surface area contributed by atoms with Gasteiger partial charge in [-0.25, -0.2) is 9.37 Å². The Balaban J connectivity index is 1.47. The average molecular weight is 420 g/mol. The smallest absolute Gasteiger partial charge is 0.303 e. The van der Waals surface area contributed by atoms with Crippen molar-refractivity contribution >= 4 is 33.3 Å². The van der Waals surface area contributed by atoms with E-state index in [9.17, 15) is 19.1 Å². The Morgan fingerprint density at radius 1 is 1.21 bits per heavy atom. The second-order valence-electron chi connectivity index (χ2n) is 7.61. The number of aliphatic carboxylic acids is 1. The monoisotopic (exact) mass is 419 g/mol. The molecule has 3 atom stereocenters. The topological polar surface area (TPSA) is 87.5 Å². The minimum Gasteiger partial charge on any atom is -0.481 e. The maximum atomic E-state index is 13.8. The standard InChI is InChI=1S/C22H26FNO4S/c23-16-7-5-8-17-21(16)29-22(24-17)19(26)13-11-14-10-12-18(25)15(14)6-3-1-2-4-9-20(27)28/h5,7-8,10,12,14-15,19,26H,1-4,6,9,11,13H2,(H,27,28)/t14-,15-,19?/m1/s1. The zero-order valence-corrected chi connectivity index (χ0v) is 17.0. The van der Waals surface area contributed by atoms with Crippen LogP contribution in [0, 0.1) is 17.7 Å². The maximum Gasteiger partial charge on any atom is 0.303 e. The van der Waals surface area contributed by atoms with Crippen LogP contribution >= 0.6 is 11.3 Å². The molecule has 3 rings (SSSR count). The van der Waals surface area contributed by atoms with E-state index in [4.69, 9.17) is 5.11 Å². The normalized spacial score (nSPS) is 19.9. The van der Waals surface area contributed by atoms with Gasteiger partial charge in [-0.3, -0.25) is 9.59 Å². The second kappa shape index (κ2) is 10.1. The van der Waals surface area contributed by atoms with Gasteiger partial charge >= 0.3 is 5.97 Å². The highest BCUT2D eigenvalue weighted by atomic mass is 32.1. The largest absolute Gasteiger partial charge is 0.481 e. The molecular formula is C22H26FNO4S. The molecule has 0 aliphatic heterocycles. The Morgan fingerprint density at radius 2 is 2.00 bits per heavy atom. The Kier molecular flexibility index (Phi) is 7.50. The van der Waals surface area contributed by atoms with E-state index in [1.165, 1.54) is 17.4 Å². The number of benzene rings is 1. The van der Waals surface area contributed by atoms with Crippen molar-refractivity contribution in [2.45, 2.75) is 57.5 Å². The first-order valence-corrected chi connectivity index (χ1v) is 10.9. The molecule has 29 heavy (non-hydrogen) atoms. The number of carboxylic acids is 1. The van der Waals surface area contributed by atoms with Gasteiger partial charge < -0.3 is 10.2 Å². The number of aromatic nitrogens is 1. The van der Waals surface area contributed by atoms with Gasteiger partial charge in [0, 0.05) is 12.3 Å². The van der Waals surface area contributed by atoms with E-state index < -0.39 is 12.1 Å². The fourth-order valence-electron chi connectivity index (χ4n) is 3.88. The van der Waals surface area contributed by atoms with Crippen LogP contribution in [-0.2, 0) is 9.59 Å². The number of fused-ring (bicyclic) bond motifs is 1. The number of carbonyl (C=O) groups is 2. The number of aliphatic hydroxyl groups excluding tert-OH is 1. The average Bonchev–Trinajstić information content (AvgIpc) is 3.27. The van der Waals surface area contributed by atoms with Crippen LogP contribution in [-0.4, -0.2) is 26.9 Å². The first kappa shape index (κ1) is 21.6. The van der Waals surface area contributed by atoms with Crippen molar-refractivity contribution in [3.05, 3.63) is 41.2 Å². The molecule has 7 heteroatoms. The minimum atomic E-state index is -0.771. The van der Waals surface area contributed by atoms with Gasteiger partial charge in [-0.15, -0.1) is 11.3 Å². The lowest BCUT2D eigenvalue weighted by Crippen LogP contribution is -2.16. The summed E-state index contributed by atoms with van der Waals surface area (Å²) in [4.78, 5) is 27.1. The number of aliphatic hydroxyl groups is 1. The fraction of sp³-hybridized carbons (Fsp3) is 0.500.